The largest absolute Gasteiger partial charge is 0.369 e. The monoisotopic (exact) mass is 437 g/mol. The van der Waals surface area contributed by atoms with Crippen molar-refractivity contribution in [3.05, 3.63) is 107 Å². The van der Waals surface area contributed by atoms with Crippen LogP contribution in [0.3, 0.4) is 0 Å². The first-order chi connectivity index (χ1) is 16.0. The third-order valence-electron chi connectivity index (χ3n) is 5.60. The van der Waals surface area contributed by atoms with E-state index < -0.39 is 11.8 Å². The summed E-state index contributed by atoms with van der Waals surface area (Å²) in [4.78, 5) is 26.0. The van der Waals surface area contributed by atoms with Gasteiger partial charge in [-0.2, -0.15) is 0 Å². The molecule has 4 rings (SSSR count). The number of nitrogens with two attached hydrogens (primary N) is 1. The maximum atomic E-state index is 12.5. The maximum absolute atomic E-state index is 12.5. The van der Waals surface area contributed by atoms with Gasteiger partial charge in [0.25, 0.3) is 0 Å². The molecule has 0 aliphatic carbocycles. The van der Waals surface area contributed by atoms with E-state index in [0.29, 0.717) is 12.4 Å². The van der Waals surface area contributed by atoms with Crippen molar-refractivity contribution in [2.45, 2.75) is 26.2 Å². The molecule has 0 bridgehead atoms. The molecule has 1 aromatic carbocycles. The van der Waals surface area contributed by atoms with Gasteiger partial charge < -0.3 is 11.1 Å². The number of anilines is 1. The van der Waals surface area contributed by atoms with Crippen LogP contribution in [0.1, 0.15) is 33.9 Å². The molecule has 33 heavy (non-hydrogen) atoms. The number of carbonyl (C=O) groups is 1. The molecule has 6 nitrogen and oxygen atoms in total. The fraction of sp³-hybridized carbons (Fsp3) is 0.185. The average molecular weight is 438 g/mol. The second kappa shape index (κ2) is 10.0. The molecule has 0 fully saturated rings. The molecule has 0 aliphatic heterocycles. The normalized spacial score (nSPS) is 11.7. The molecule has 3 N–H and O–H groups in total. The van der Waals surface area contributed by atoms with E-state index in [1.54, 1.807) is 24.7 Å². The summed E-state index contributed by atoms with van der Waals surface area (Å²) in [7, 11) is 0. The highest BCUT2D eigenvalue weighted by atomic mass is 16.1. The van der Waals surface area contributed by atoms with Gasteiger partial charge >= 0.3 is 0 Å². The highest BCUT2D eigenvalue weighted by molar-refractivity contribution is 5.87. The van der Waals surface area contributed by atoms with Crippen molar-refractivity contribution in [3.8, 4) is 11.3 Å². The predicted octanol–water partition coefficient (Wildman–Crippen LogP) is 4.43. The Hall–Kier alpha value is -4.06. The smallest absolute Gasteiger partial charge is 0.229 e. The second-order valence-electron chi connectivity index (χ2n) is 8.07. The summed E-state index contributed by atoms with van der Waals surface area (Å²) in [6, 6.07) is 19.7. The zero-order valence-electron chi connectivity index (χ0n) is 18.8. The Kier molecular flexibility index (Phi) is 6.74. The fourth-order valence-corrected chi connectivity index (χ4v) is 3.99. The van der Waals surface area contributed by atoms with E-state index in [2.05, 4.69) is 47.3 Å². The van der Waals surface area contributed by atoms with Gasteiger partial charge in [0.15, 0.2) is 0 Å². The molecule has 0 saturated carbocycles. The van der Waals surface area contributed by atoms with Crippen molar-refractivity contribution in [2.24, 2.45) is 5.73 Å². The minimum Gasteiger partial charge on any atom is -0.369 e. The zero-order chi connectivity index (χ0) is 23.2. The van der Waals surface area contributed by atoms with Crippen LogP contribution in [0, 0.1) is 13.8 Å². The van der Waals surface area contributed by atoms with Crippen LogP contribution in [0.2, 0.25) is 0 Å². The Bertz CT molecular complexity index is 1240. The Balaban J connectivity index is 1.73. The van der Waals surface area contributed by atoms with Gasteiger partial charge in [0.05, 0.1) is 11.6 Å². The first kappa shape index (κ1) is 22.1. The van der Waals surface area contributed by atoms with Crippen molar-refractivity contribution in [1.82, 2.24) is 15.0 Å². The van der Waals surface area contributed by atoms with Crippen molar-refractivity contribution < 1.29 is 4.79 Å². The van der Waals surface area contributed by atoms with E-state index in [-0.39, 0.29) is 0 Å². The number of aryl methyl sites for hydroxylation is 2. The lowest BCUT2D eigenvalue weighted by Gasteiger charge is -2.19. The minimum atomic E-state index is -0.656. The summed E-state index contributed by atoms with van der Waals surface area (Å²) in [5, 5.41) is 3.43. The highest BCUT2D eigenvalue weighted by Gasteiger charge is 2.25. The number of nitrogens with one attached hydrogen (secondary N) is 1. The van der Waals surface area contributed by atoms with E-state index in [1.165, 1.54) is 5.56 Å². The standard InChI is InChI=1S/C27H27N5O/c1-18-8-9-22(19(2)16-18)24-11-10-23(25(26(28)33)20-6-5-13-29-17-20)27(32-24)31-15-12-21-7-3-4-14-30-21/h3-11,13-14,16-17,25H,12,15H2,1-2H3,(H2,28,33)(H,31,32). The molecule has 0 aliphatic rings. The molecular weight excluding hydrogens is 410 g/mol. The number of nitrogens with zero attached hydrogens (tertiary/aromatic N) is 3. The summed E-state index contributed by atoms with van der Waals surface area (Å²) in [5.74, 6) is -0.468. The van der Waals surface area contributed by atoms with Crippen LogP contribution in [-0.4, -0.2) is 27.4 Å². The number of pyridine rings is 3. The van der Waals surface area contributed by atoms with E-state index in [9.17, 15) is 4.79 Å². The Morgan fingerprint density at radius 2 is 1.91 bits per heavy atom. The summed E-state index contributed by atoms with van der Waals surface area (Å²) < 4.78 is 0. The van der Waals surface area contributed by atoms with Gasteiger partial charge in [-0.15, -0.1) is 0 Å². The number of carbonyl (C=O) groups excluding carboxylic acids is 1. The van der Waals surface area contributed by atoms with E-state index in [1.807, 2.05) is 36.4 Å². The van der Waals surface area contributed by atoms with Crippen molar-refractivity contribution in [2.75, 3.05) is 11.9 Å². The van der Waals surface area contributed by atoms with Gasteiger partial charge in [0.2, 0.25) is 5.91 Å². The first-order valence-corrected chi connectivity index (χ1v) is 10.9. The molecule has 1 unspecified atom stereocenters. The SMILES string of the molecule is Cc1ccc(-c2ccc(C(C(N)=O)c3cccnc3)c(NCCc3ccccn3)n2)c(C)c1. The van der Waals surface area contributed by atoms with Gasteiger partial charge in [0, 0.05) is 48.4 Å². The quantitative estimate of drug-likeness (QED) is 0.425. The summed E-state index contributed by atoms with van der Waals surface area (Å²) in [5.41, 5.74) is 12.5. The molecule has 0 radical (unpaired) electrons. The molecule has 166 valence electrons. The lowest BCUT2D eigenvalue weighted by atomic mass is 9.91. The number of amides is 1. The summed E-state index contributed by atoms with van der Waals surface area (Å²) in [6.07, 6.45) is 5.86. The molecule has 0 saturated heterocycles. The Morgan fingerprint density at radius 3 is 2.61 bits per heavy atom. The molecule has 6 heteroatoms. The molecular formula is C27H27N5O. The van der Waals surface area contributed by atoms with E-state index in [0.717, 1.165) is 40.1 Å². The van der Waals surface area contributed by atoms with Crippen LogP contribution in [0.15, 0.2) is 79.3 Å². The van der Waals surface area contributed by atoms with Crippen LogP contribution in [-0.2, 0) is 11.2 Å². The number of primary amides is 1. The Labute approximate surface area is 194 Å². The number of hydrogen-bond donors (Lipinski definition) is 2. The molecule has 3 aromatic heterocycles. The fourth-order valence-electron chi connectivity index (χ4n) is 3.99. The average Bonchev–Trinajstić information content (AvgIpc) is 2.81. The lowest BCUT2D eigenvalue weighted by molar-refractivity contribution is -0.118. The maximum Gasteiger partial charge on any atom is 0.229 e. The van der Waals surface area contributed by atoms with Gasteiger partial charge in [-0.1, -0.05) is 42.0 Å². The molecule has 0 spiro atoms. The topological polar surface area (TPSA) is 93.8 Å². The van der Waals surface area contributed by atoms with E-state index in [4.69, 9.17) is 10.7 Å². The number of rotatable bonds is 8. The molecule has 3 heterocycles. The van der Waals surface area contributed by atoms with Crippen LogP contribution in [0.5, 0.6) is 0 Å². The lowest BCUT2D eigenvalue weighted by Crippen LogP contribution is -2.24. The van der Waals surface area contributed by atoms with Crippen LogP contribution in [0.4, 0.5) is 5.82 Å². The van der Waals surface area contributed by atoms with Crippen molar-refractivity contribution in [1.29, 1.82) is 0 Å². The van der Waals surface area contributed by atoms with Crippen LogP contribution < -0.4 is 11.1 Å². The minimum absolute atomic E-state index is 0.447. The summed E-state index contributed by atoms with van der Waals surface area (Å²) in [6.45, 7) is 4.77. The highest BCUT2D eigenvalue weighted by Crippen LogP contribution is 2.32. The van der Waals surface area contributed by atoms with Crippen molar-refractivity contribution in [3.63, 3.8) is 0 Å². The molecule has 4 aromatic rings. The molecule has 1 amide bonds. The van der Waals surface area contributed by atoms with Crippen LogP contribution in [0.25, 0.3) is 11.3 Å². The third-order valence-corrected chi connectivity index (χ3v) is 5.60. The second-order valence-corrected chi connectivity index (χ2v) is 8.07. The van der Waals surface area contributed by atoms with Gasteiger partial charge in [-0.25, -0.2) is 4.98 Å². The first-order valence-electron chi connectivity index (χ1n) is 10.9. The Morgan fingerprint density at radius 1 is 1.03 bits per heavy atom. The summed E-state index contributed by atoms with van der Waals surface area (Å²) >= 11 is 0. The van der Waals surface area contributed by atoms with Gasteiger partial charge in [-0.05, 0) is 49.2 Å². The zero-order valence-corrected chi connectivity index (χ0v) is 18.8. The number of hydrogen-bond acceptors (Lipinski definition) is 5. The van der Waals surface area contributed by atoms with E-state index >= 15 is 0 Å². The van der Waals surface area contributed by atoms with Gasteiger partial charge in [-0.3, -0.25) is 14.8 Å². The predicted molar refractivity (Wildman–Crippen MR) is 131 cm³/mol. The van der Waals surface area contributed by atoms with Crippen LogP contribution >= 0.6 is 0 Å². The van der Waals surface area contributed by atoms with Crippen molar-refractivity contribution >= 4 is 11.7 Å². The third kappa shape index (κ3) is 5.23. The van der Waals surface area contributed by atoms with Gasteiger partial charge in [0.1, 0.15) is 5.82 Å². The number of benzene rings is 1. The molecule has 1 atom stereocenters. The number of aromatic nitrogens is 3.